The van der Waals surface area contributed by atoms with Crippen LogP contribution in [0.2, 0.25) is 0 Å². The summed E-state index contributed by atoms with van der Waals surface area (Å²) < 4.78 is 14.1. The van der Waals surface area contributed by atoms with Crippen molar-refractivity contribution >= 4 is 0 Å². The van der Waals surface area contributed by atoms with Gasteiger partial charge in [0, 0.05) is 6.04 Å². The van der Waals surface area contributed by atoms with E-state index in [-0.39, 0.29) is 11.7 Å². The Morgan fingerprint density at radius 1 is 1.16 bits per heavy atom. The quantitative estimate of drug-likeness (QED) is 0.761. The van der Waals surface area contributed by atoms with E-state index in [1.54, 1.807) is 6.07 Å². The Bertz CT molecular complexity index is 461. The highest BCUT2D eigenvalue weighted by Crippen LogP contribution is 2.39. The van der Waals surface area contributed by atoms with Crippen LogP contribution in [0.15, 0.2) is 12.1 Å². The number of likely N-dealkylation sites (tertiary alicyclic amines) is 1. The number of rotatable bonds is 2. The van der Waals surface area contributed by atoms with Crippen molar-refractivity contribution < 1.29 is 4.39 Å². The second kappa shape index (κ2) is 5.24. The first-order valence-corrected chi connectivity index (χ1v) is 7.73. The lowest BCUT2D eigenvalue weighted by atomic mass is 9.95. The molecule has 2 heteroatoms. The first-order chi connectivity index (χ1) is 9.16. The first kappa shape index (κ1) is 13.1. The SMILES string of the molecule is CC(C)c1cc2c(cc1F)CCC2N1CCCCC1. The Morgan fingerprint density at radius 2 is 1.89 bits per heavy atom. The highest BCUT2D eigenvalue weighted by atomic mass is 19.1. The van der Waals surface area contributed by atoms with Crippen LogP contribution >= 0.6 is 0 Å². The summed E-state index contributed by atoms with van der Waals surface area (Å²) in [7, 11) is 0. The molecule has 104 valence electrons. The summed E-state index contributed by atoms with van der Waals surface area (Å²) in [6.07, 6.45) is 6.24. The third kappa shape index (κ3) is 2.43. The highest BCUT2D eigenvalue weighted by Gasteiger charge is 2.30. The maximum atomic E-state index is 14.1. The van der Waals surface area contributed by atoms with E-state index < -0.39 is 0 Å². The fraction of sp³-hybridized carbons (Fsp3) is 0.647. The van der Waals surface area contributed by atoms with Gasteiger partial charge in [-0.3, -0.25) is 4.90 Å². The molecule has 2 aliphatic rings. The molecule has 0 radical (unpaired) electrons. The zero-order chi connectivity index (χ0) is 13.4. The van der Waals surface area contributed by atoms with Gasteiger partial charge in [-0.05, 0) is 67.4 Å². The van der Waals surface area contributed by atoms with Gasteiger partial charge in [0.25, 0.3) is 0 Å². The van der Waals surface area contributed by atoms with Crippen LogP contribution in [0, 0.1) is 5.82 Å². The molecule has 1 heterocycles. The smallest absolute Gasteiger partial charge is 0.126 e. The molecule has 1 atom stereocenters. The van der Waals surface area contributed by atoms with Gasteiger partial charge < -0.3 is 0 Å². The lowest BCUT2D eigenvalue weighted by Gasteiger charge is -2.33. The average molecular weight is 261 g/mol. The molecular weight excluding hydrogens is 237 g/mol. The van der Waals surface area contributed by atoms with E-state index in [2.05, 4.69) is 24.8 Å². The molecule has 0 aromatic heterocycles. The maximum absolute atomic E-state index is 14.1. The fourth-order valence-electron chi connectivity index (χ4n) is 3.67. The van der Waals surface area contributed by atoms with Crippen molar-refractivity contribution in [3.63, 3.8) is 0 Å². The summed E-state index contributed by atoms with van der Waals surface area (Å²) in [5, 5.41) is 0. The van der Waals surface area contributed by atoms with Crippen LogP contribution in [0.1, 0.15) is 68.2 Å². The van der Waals surface area contributed by atoms with E-state index >= 15 is 0 Å². The van der Waals surface area contributed by atoms with E-state index in [9.17, 15) is 4.39 Å². The predicted molar refractivity (Wildman–Crippen MR) is 77.0 cm³/mol. The van der Waals surface area contributed by atoms with Gasteiger partial charge >= 0.3 is 0 Å². The van der Waals surface area contributed by atoms with Crippen LogP contribution in [0.5, 0.6) is 0 Å². The number of nitrogens with zero attached hydrogens (tertiary/aromatic N) is 1. The van der Waals surface area contributed by atoms with E-state index in [0.29, 0.717) is 6.04 Å². The van der Waals surface area contributed by atoms with Crippen molar-refractivity contribution in [2.75, 3.05) is 13.1 Å². The molecule has 1 nitrogen and oxygen atoms in total. The monoisotopic (exact) mass is 261 g/mol. The minimum absolute atomic E-state index is 0.00644. The van der Waals surface area contributed by atoms with Gasteiger partial charge in [-0.1, -0.05) is 26.3 Å². The summed E-state index contributed by atoms with van der Waals surface area (Å²) in [5.41, 5.74) is 3.55. The lowest BCUT2D eigenvalue weighted by Crippen LogP contribution is -2.32. The molecule has 1 aliphatic heterocycles. The molecule has 0 bridgehead atoms. The van der Waals surface area contributed by atoms with Crippen molar-refractivity contribution in [2.45, 2.75) is 57.9 Å². The molecule has 1 aromatic rings. The van der Waals surface area contributed by atoms with E-state index in [1.807, 2.05) is 0 Å². The molecule has 0 N–H and O–H groups in total. The molecule has 0 amide bonds. The van der Waals surface area contributed by atoms with Crippen LogP contribution in [0.4, 0.5) is 4.39 Å². The Morgan fingerprint density at radius 3 is 2.58 bits per heavy atom. The summed E-state index contributed by atoms with van der Waals surface area (Å²) in [6.45, 7) is 6.60. The normalized spacial score (nSPS) is 23.9. The Kier molecular flexibility index (Phi) is 3.62. The van der Waals surface area contributed by atoms with Gasteiger partial charge in [0.1, 0.15) is 5.82 Å². The van der Waals surface area contributed by atoms with E-state index in [4.69, 9.17) is 0 Å². The van der Waals surface area contributed by atoms with Crippen LogP contribution in [0.3, 0.4) is 0 Å². The number of hydrogen-bond donors (Lipinski definition) is 0. The second-order valence-corrected chi connectivity index (χ2v) is 6.38. The highest BCUT2D eigenvalue weighted by molar-refractivity contribution is 5.40. The Labute approximate surface area is 115 Å². The fourth-order valence-corrected chi connectivity index (χ4v) is 3.67. The Balaban J connectivity index is 1.92. The van der Waals surface area contributed by atoms with Crippen molar-refractivity contribution in [3.8, 4) is 0 Å². The van der Waals surface area contributed by atoms with Crippen molar-refractivity contribution in [1.29, 1.82) is 0 Å². The van der Waals surface area contributed by atoms with Gasteiger partial charge in [-0.2, -0.15) is 0 Å². The van der Waals surface area contributed by atoms with Gasteiger partial charge in [-0.25, -0.2) is 4.39 Å². The van der Waals surface area contributed by atoms with Crippen LogP contribution in [-0.2, 0) is 6.42 Å². The van der Waals surface area contributed by atoms with Crippen LogP contribution < -0.4 is 0 Å². The molecule has 1 aliphatic carbocycles. The zero-order valence-corrected chi connectivity index (χ0v) is 12.1. The Hall–Kier alpha value is -0.890. The minimum Gasteiger partial charge on any atom is -0.296 e. The predicted octanol–water partition coefficient (Wildman–Crippen LogP) is 4.42. The number of hydrogen-bond acceptors (Lipinski definition) is 1. The molecule has 1 saturated heterocycles. The maximum Gasteiger partial charge on any atom is 0.126 e. The van der Waals surface area contributed by atoms with Gasteiger partial charge in [0.2, 0.25) is 0 Å². The molecule has 1 fully saturated rings. The first-order valence-electron chi connectivity index (χ1n) is 7.73. The topological polar surface area (TPSA) is 3.24 Å². The number of halogens is 1. The van der Waals surface area contributed by atoms with Crippen LogP contribution in [-0.4, -0.2) is 18.0 Å². The number of fused-ring (bicyclic) bond motifs is 1. The molecule has 0 spiro atoms. The molecule has 3 rings (SSSR count). The zero-order valence-electron chi connectivity index (χ0n) is 12.1. The van der Waals surface area contributed by atoms with Crippen molar-refractivity contribution in [2.24, 2.45) is 0 Å². The number of piperidine rings is 1. The standard InChI is InChI=1S/C17H24FN/c1-12(2)14-11-15-13(10-16(14)18)6-7-17(15)19-8-4-3-5-9-19/h10-12,17H,3-9H2,1-2H3. The summed E-state index contributed by atoms with van der Waals surface area (Å²) in [6, 6.07) is 4.50. The summed E-state index contributed by atoms with van der Waals surface area (Å²) in [5.74, 6) is 0.265. The third-order valence-corrected chi connectivity index (χ3v) is 4.76. The largest absolute Gasteiger partial charge is 0.296 e. The number of benzene rings is 1. The minimum atomic E-state index is -0.00644. The van der Waals surface area contributed by atoms with Gasteiger partial charge in [-0.15, -0.1) is 0 Å². The third-order valence-electron chi connectivity index (χ3n) is 4.76. The van der Waals surface area contributed by atoms with Gasteiger partial charge in [0.15, 0.2) is 0 Å². The average Bonchev–Trinajstić information content (AvgIpc) is 2.81. The van der Waals surface area contributed by atoms with Crippen molar-refractivity contribution in [1.82, 2.24) is 4.90 Å². The lowest BCUT2D eigenvalue weighted by molar-refractivity contribution is 0.163. The summed E-state index contributed by atoms with van der Waals surface area (Å²) >= 11 is 0. The van der Waals surface area contributed by atoms with E-state index in [0.717, 1.165) is 12.0 Å². The second-order valence-electron chi connectivity index (χ2n) is 6.38. The van der Waals surface area contributed by atoms with Crippen molar-refractivity contribution in [3.05, 3.63) is 34.6 Å². The molecule has 19 heavy (non-hydrogen) atoms. The molecule has 1 aromatic carbocycles. The number of aryl methyl sites for hydroxylation is 1. The molecule has 1 unspecified atom stereocenters. The van der Waals surface area contributed by atoms with Crippen LogP contribution in [0.25, 0.3) is 0 Å². The molecule has 0 saturated carbocycles. The summed E-state index contributed by atoms with van der Waals surface area (Å²) in [4.78, 5) is 2.62. The van der Waals surface area contributed by atoms with E-state index in [1.165, 1.54) is 49.9 Å². The van der Waals surface area contributed by atoms with Gasteiger partial charge in [0.05, 0.1) is 0 Å². The molecular formula is C17H24FN.